The van der Waals surface area contributed by atoms with Crippen molar-refractivity contribution in [2.45, 2.75) is 33.6 Å². The summed E-state index contributed by atoms with van der Waals surface area (Å²) in [6.45, 7) is 8.07. The Balaban J connectivity index is 2.93. The molecule has 0 fully saturated rings. The topological polar surface area (TPSA) is 12.5 Å². The van der Waals surface area contributed by atoms with E-state index in [2.05, 4.69) is 53.9 Å². The predicted octanol–water partition coefficient (Wildman–Crippen LogP) is 4.21. The van der Waals surface area contributed by atoms with Crippen molar-refractivity contribution in [1.29, 1.82) is 0 Å². The molecule has 0 N–H and O–H groups in total. The van der Waals surface area contributed by atoms with Crippen molar-refractivity contribution in [3.05, 3.63) is 33.7 Å². The monoisotopic (exact) mass is 299 g/mol. The van der Waals surface area contributed by atoms with Crippen LogP contribution in [0.2, 0.25) is 0 Å². The van der Waals surface area contributed by atoms with Crippen LogP contribution in [0, 0.1) is 0 Å². The number of unbranched alkanes of at least 4 members (excludes halogenated alkanes) is 1. The Morgan fingerprint density at radius 1 is 1.53 bits per heavy atom. The molecule has 1 rings (SSSR count). The van der Waals surface area contributed by atoms with Crippen LogP contribution in [0.25, 0.3) is 0 Å². The van der Waals surface area contributed by atoms with Gasteiger partial charge in [-0.3, -0.25) is 0 Å². The van der Waals surface area contributed by atoms with E-state index < -0.39 is 0 Å². The number of halogens is 1. The van der Waals surface area contributed by atoms with Crippen LogP contribution < -0.4 is 0 Å². The molecule has 0 aromatic carbocycles. The molecule has 0 radical (unpaired) electrons. The van der Waals surface area contributed by atoms with E-state index in [0.717, 1.165) is 29.8 Å². The third-order valence-electron chi connectivity index (χ3n) is 2.89. The highest BCUT2D eigenvalue weighted by molar-refractivity contribution is 9.11. The molecule has 96 valence electrons. The number of hydrogen-bond acceptors (Lipinski definition) is 2. The van der Waals surface area contributed by atoms with Crippen molar-refractivity contribution in [2.24, 2.45) is 0 Å². The highest BCUT2D eigenvalue weighted by Gasteiger charge is 2.17. The molecule has 3 heteroatoms. The van der Waals surface area contributed by atoms with Crippen LogP contribution in [0.1, 0.15) is 33.6 Å². The fourth-order valence-electron chi connectivity index (χ4n) is 1.93. The Kier molecular flexibility index (Phi) is 5.83. The van der Waals surface area contributed by atoms with Gasteiger partial charge in [-0.25, -0.2) is 0 Å². The normalized spacial score (nSPS) is 18.5. The minimum Gasteiger partial charge on any atom is -0.494 e. The SMILES string of the molecule is CCC/C=C/C(Br)=C(/C)C1=C(C)OCCN1C. The van der Waals surface area contributed by atoms with E-state index in [1.165, 1.54) is 17.7 Å². The lowest BCUT2D eigenvalue weighted by Crippen LogP contribution is -2.29. The lowest BCUT2D eigenvalue weighted by molar-refractivity contribution is 0.146. The fourth-order valence-corrected chi connectivity index (χ4v) is 2.30. The molecule has 1 aliphatic rings. The van der Waals surface area contributed by atoms with Crippen LogP contribution in [-0.2, 0) is 4.74 Å². The number of allylic oxidation sites excluding steroid dienone is 5. The number of likely N-dealkylation sites (N-methyl/N-ethyl adjacent to an activating group) is 1. The third kappa shape index (κ3) is 3.91. The molecule has 1 aliphatic heterocycles. The van der Waals surface area contributed by atoms with E-state index in [0.29, 0.717) is 0 Å². The first-order chi connectivity index (χ1) is 8.07. The van der Waals surface area contributed by atoms with Gasteiger partial charge in [0, 0.05) is 11.5 Å². The summed E-state index contributed by atoms with van der Waals surface area (Å²) < 4.78 is 6.75. The first kappa shape index (κ1) is 14.4. The van der Waals surface area contributed by atoms with Crippen LogP contribution in [0.3, 0.4) is 0 Å². The van der Waals surface area contributed by atoms with Crippen molar-refractivity contribution in [1.82, 2.24) is 4.90 Å². The van der Waals surface area contributed by atoms with E-state index in [-0.39, 0.29) is 0 Å². The summed E-state index contributed by atoms with van der Waals surface area (Å²) in [4.78, 5) is 2.25. The second-order valence-electron chi connectivity index (χ2n) is 4.34. The summed E-state index contributed by atoms with van der Waals surface area (Å²) in [5, 5.41) is 0. The van der Waals surface area contributed by atoms with Gasteiger partial charge in [-0.15, -0.1) is 0 Å². The maximum atomic E-state index is 5.62. The number of nitrogens with zero attached hydrogens (tertiary/aromatic N) is 1. The second kappa shape index (κ2) is 6.90. The Morgan fingerprint density at radius 2 is 2.24 bits per heavy atom. The Bertz CT molecular complexity index is 355. The second-order valence-corrected chi connectivity index (χ2v) is 5.19. The van der Waals surface area contributed by atoms with Gasteiger partial charge in [-0.2, -0.15) is 0 Å². The minimum absolute atomic E-state index is 0.780. The lowest BCUT2D eigenvalue weighted by atomic mass is 10.1. The molecule has 0 saturated carbocycles. The molecular formula is C14H22BrNO. The van der Waals surface area contributed by atoms with Gasteiger partial charge in [0.15, 0.2) is 0 Å². The highest BCUT2D eigenvalue weighted by Crippen LogP contribution is 2.27. The first-order valence-electron chi connectivity index (χ1n) is 6.16. The van der Waals surface area contributed by atoms with Crippen molar-refractivity contribution in [3.63, 3.8) is 0 Å². The van der Waals surface area contributed by atoms with E-state index in [1.807, 2.05) is 6.92 Å². The molecule has 0 spiro atoms. The molecule has 2 nitrogen and oxygen atoms in total. The summed E-state index contributed by atoms with van der Waals surface area (Å²) in [6.07, 6.45) is 6.64. The van der Waals surface area contributed by atoms with Gasteiger partial charge in [0.1, 0.15) is 12.4 Å². The number of ether oxygens (including phenoxy) is 1. The zero-order chi connectivity index (χ0) is 12.8. The number of hydrogen-bond donors (Lipinski definition) is 0. The third-order valence-corrected chi connectivity index (χ3v) is 3.75. The molecule has 0 unspecified atom stereocenters. The number of rotatable bonds is 4. The average molecular weight is 300 g/mol. The van der Waals surface area contributed by atoms with Gasteiger partial charge in [0.05, 0.1) is 12.2 Å². The maximum Gasteiger partial charge on any atom is 0.117 e. The van der Waals surface area contributed by atoms with E-state index >= 15 is 0 Å². The van der Waals surface area contributed by atoms with Gasteiger partial charge in [0.2, 0.25) is 0 Å². The predicted molar refractivity (Wildman–Crippen MR) is 77.0 cm³/mol. The minimum atomic E-state index is 0.780. The quantitative estimate of drug-likeness (QED) is 0.721. The van der Waals surface area contributed by atoms with Gasteiger partial charge >= 0.3 is 0 Å². The largest absolute Gasteiger partial charge is 0.494 e. The zero-order valence-electron chi connectivity index (χ0n) is 11.2. The maximum absolute atomic E-state index is 5.62. The molecule has 0 bridgehead atoms. The van der Waals surface area contributed by atoms with Gasteiger partial charge in [0.25, 0.3) is 0 Å². The van der Waals surface area contributed by atoms with Gasteiger partial charge in [-0.1, -0.05) is 41.4 Å². The van der Waals surface area contributed by atoms with Crippen LogP contribution in [0.15, 0.2) is 33.7 Å². The molecule has 1 heterocycles. The molecule has 0 aromatic heterocycles. The molecule has 0 aromatic rings. The molecule has 0 atom stereocenters. The van der Waals surface area contributed by atoms with E-state index in [4.69, 9.17) is 4.74 Å². The fraction of sp³-hybridized carbons (Fsp3) is 0.571. The Morgan fingerprint density at radius 3 is 2.82 bits per heavy atom. The van der Waals surface area contributed by atoms with Crippen molar-refractivity contribution < 1.29 is 4.74 Å². The van der Waals surface area contributed by atoms with Crippen molar-refractivity contribution >= 4 is 15.9 Å². The van der Waals surface area contributed by atoms with Crippen molar-refractivity contribution in [3.8, 4) is 0 Å². The summed E-state index contributed by atoms with van der Waals surface area (Å²) in [5.74, 6) is 1.01. The van der Waals surface area contributed by atoms with Gasteiger partial charge < -0.3 is 9.64 Å². The lowest BCUT2D eigenvalue weighted by Gasteiger charge is -2.30. The van der Waals surface area contributed by atoms with Crippen LogP contribution in [0.4, 0.5) is 0 Å². The molecule has 17 heavy (non-hydrogen) atoms. The van der Waals surface area contributed by atoms with Gasteiger partial charge in [-0.05, 0) is 25.8 Å². The summed E-state index contributed by atoms with van der Waals surface area (Å²) in [7, 11) is 2.11. The summed E-state index contributed by atoms with van der Waals surface area (Å²) >= 11 is 3.64. The molecule has 0 saturated heterocycles. The van der Waals surface area contributed by atoms with Crippen LogP contribution >= 0.6 is 15.9 Å². The molecular weight excluding hydrogens is 278 g/mol. The molecule has 0 aliphatic carbocycles. The Hall–Kier alpha value is -0.700. The first-order valence-corrected chi connectivity index (χ1v) is 6.95. The average Bonchev–Trinajstić information content (AvgIpc) is 2.28. The zero-order valence-corrected chi connectivity index (χ0v) is 12.8. The van der Waals surface area contributed by atoms with E-state index in [9.17, 15) is 0 Å². The van der Waals surface area contributed by atoms with Crippen LogP contribution in [-0.4, -0.2) is 25.1 Å². The van der Waals surface area contributed by atoms with Crippen LogP contribution in [0.5, 0.6) is 0 Å². The molecule has 0 amide bonds. The highest BCUT2D eigenvalue weighted by atomic mass is 79.9. The Labute approximate surface area is 113 Å². The summed E-state index contributed by atoms with van der Waals surface area (Å²) in [5.41, 5.74) is 2.43. The standard InChI is InChI=1S/C14H22BrNO/c1-5-6-7-8-13(15)11(2)14-12(3)17-10-9-16(14)4/h7-8H,5-6,9-10H2,1-4H3/b8-7+,13-11+. The summed E-state index contributed by atoms with van der Waals surface area (Å²) in [6, 6.07) is 0. The van der Waals surface area contributed by atoms with Crippen molar-refractivity contribution in [2.75, 3.05) is 20.2 Å². The van der Waals surface area contributed by atoms with E-state index in [1.54, 1.807) is 0 Å². The smallest absolute Gasteiger partial charge is 0.117 e.